The molecule has 7 aromatic rings. The molecular formula is C57H26Br4ClF22N3O12. The van der Waals surface area contributed by atoms with Crippen LogP contribution in [0.4, 0.5) is 114 Å². The molecule has 3 aliphatic rings. The SMILES string of the molecule is Nc1cccc(C(=O)Nc2c(Br)cc(C(F)(C(F)(F)F)C(F)(F)F)cc2Br)c1F.O=C(Cc1cccc(C(=O)Nc2c(Br)cc(C(F)(C(F)(F)F)C(F)(F)F)cc2Br)c1F)c1ccc2c(c1)OC(F)(F)O2.O=C(Cl)c1ccc2c(c1)OC(F)(F)O2.O=C(O)c1ccc2c(c1)OC(F)(F)O2. The summed E-state index contributed by atoms with van der Waals surface area (Å²) in [5, 5.41) is 12.0. The minimum absolute atomic E-state index is 0.0757. The number of carbonyl (C=O) groups is 5. The molecule has 0 aromatic heterocycles. The lowest BCUT2D eigenvalue weighted by molar-refractivity contribution is -0.349. The van der Waals surface area contributed by atoms with Gasteiger partial charge in [0, 0.05) is 46.6 Å². The van der Waals surface area contributed by atoms with Crippen LogP contribution in [0.2, 0.25) is 0 Å². The number of alkyl halides is 20. The third-order valence-electron chi connectivity index (χ3n) is 12.9. The van der Waals surface area contributed by atoms with E-state index in [4.69, 9.17) is 22.4 Å². The summed E-state index contributed by atoms with van der Waals surface area (Å²) in [5.74, 6) is -8.11. The molecule has 3 aliphatic heterocycles. The number of halogens is 27. The summed E-state index contributed by atoms with van der Waals surface area (Å²) < 4.78 is 313. The fraction of sp³-hybridized carbons (Fsp3) is 0.175. The van der Waals surface area contributed by atoms with E-state index in [9.17, 15) is 116 Å². The fourth-order valence-electron chi connectivity index (χ4n) is 8.29. The highest BCUT2D eigenvalue weighted by atomic mass is 79.9. The van der Waals surface area contributed by atoms with E-state index in [0.717, 1.165) is 60.7 Å². The molecule has 2 amide bonds. The lowest BCUT2D eigenvalue weighted by atomic mass is 9.94. The number of aromatic carboxylic acids is 1. The summed E-state index contributed by atoms with van der Waals surface area (Å²) in [5.41, 5.74) is -12.6. The maximum absolute atomic E-state index is 15.2. The van der Waals surface area contributed by atoms with Crippen molar-refractivity contribution in [3.05, 3.63) is 189 Å². The number of carboxylic acid groups (broad SMARTS) is 1. The molecule has 0 atom stereocenters. The van der Waals surface area contributed by atoms with Crippen LogP contribution >= 0.6 is 75.3 Å². The van der Waals surface area contributed by atoms with E-state index < -0.39 is 153 Å². The number of benzene rings is 7. The van der Waals surface area contributed by atoms with Crippen LogP contribution in [0.5, 0.6) is 34.5 Å². The Labute approximate surface area is 573 Å². The number of carbonyl (C=O) groups excluding carboxylic acids is 4. The summed E-state index contributed by atoms with van der Waals surface area (Å²) in [7, 11) is 0. The van der Waals surface area contributed by atoms with Gasteiger partial charge in [-0.15, -0.1) is 26.3 Å². The first-order valence-electron chi connectivity index (χ1n) is 25.6. The van der Waals surface area contributed by atoms with Gasteiger partial charge in [-0.1, -0.05) is 18.2 Å². The van der Waals surface area contributed by atoms with Gasteiger partial charge in [-0.3, -0.25) is 19.2 Å². The first kappa shape index (κ1) is 77.9. The van der Waals surface area contributed by atoms with Crippen molar-refractivity contribution in [2.45, 2.75) is 61.3 Å². The Bertz CT molecular complexity index is 4220. The Morgan fingerprint density at radius 2 is 0.758 bits per heavy atom. The number of nitrogens with one attached hydrogen (secondary N) is 2. The van der Waals surface area contributed by atoms with Crippen LogP contribution < -0.4 is 44.8 Å². The zero-order valence-corrected chi connectivity index (χ0v) is 54.0. The Balaban J connectivity index is 0.000000206. The van der Waals surface area contributed by atoms with E-state index in [-0.39, 0.29) is 86.6 Å². The van der Waals surface area contributed by atoms with Crippen molar-refractivity contribution in [2.75, 3.05) is 16.4 Å². The maximum atomic E-state index is 15.2. The number of carboxylic acids is 1. The van der Waals surface area contributed by atoms with Crippen molar-refractivity contribution in [3.63, 3.8) is 0 Å². The van der Waals surface area contributed by atoms with Gasteiger partial charge in [-0.25, -0.2) is 22.4 Å². The molecule has 7 aromatic carbocycles. The van der Waals surface area contributed by atoms with E-state index in [0.29, 0.717) is 0 Å². The number of hydrogen-bond donors (Lipinski definition) is 4. The zero-order chi connectivity index (χ0) is 74.5. The molecule has 530 valence electrons. The second-order valence-corrected chi connectivity index (χ2v) is 23.3. The van der Waals surface area contributed by atoms with Gasteiger partial charge in [0.05, 0.1) is 33.8 Å². The minimum Gasteiger partial charge on any atom is -0.478 e. The van der Waals surface area contributed by atoms with Crippen molar-refractivity contribution in [1.29, 1.82) is 0 Å². The first-order valence-corrected chi connectivity index (χ1v) is 29.1. The highest BCUT2D eigenvalue weighted by molar-refractivity contribution is 9.11. The van der Waals surface area contributed by atoms with Crippen LogP contribution in [0, 0.1) is 11.6 Å². The molecule has 0 saturated heterocycles. The maximum Gasteiger partial charge on any atom is 0.586 e. The van der Waals surface area contributed by atoms with Crippen LogP contribution in [-0.4, -0.2) is 77.5 Å². The second-order valence-electron chi connectivity index (χ2n) is 19.5. The molecule has 5 N–H and O–H groups in total. The highest BCUT2D eigenvalue weighted by Gasteiger charge is 2.75. The molecule has 0 fully saturated rings. The number of Topliss-reactive ketones (excluding diaryl/α,β-unsaturated/α-hetero) is 1. The van der Waals surface area contributed by atoms with E-state index >= 15 is 4.39 Å². The number of nitrogen functional groups attached to an aromatic ring is 1. The van der Waals surface area contributed by atoms with E-state index in [1.807, 2.05) is 0 Å². The Morgan fingerprint density at radius 3 is 1.11 bits per heavy atom. The number of amides is 2. The smallest absolute Gasteiger partial charge is 0.478 e. The van der Waals surface area contributed by atoms with Gasteiger partial charge >= 0.3 is 60.9 Å². The Hall–Kier alpha value is -8.44. The molecule has 99 heavy (non-hydrogen) atoms. The van der Waals surface area contributed by atoms with Crippen LogP contribution in [0.25, 0.3) is 0 Å². The van der Waals surface area contributed by atoms with Crippen LogP contribution in [-0.2, 0) is 17.8 Å². The van der Waals surface area contributed by atoms with Crippen LogP contribution in [0.3, 0.4) is 0 Å². The number of rotatable bonds is 11. The third kappa shape index (κ3) is 17.1. The number of ketones is 1. The van der Waals surface area contributed by atoms with Crippen molar-refractivity contribution in [3.8, 4) is 34.5 Å². The summed E-state index contributed by atoms with van der Waals surface area (Å²) in [4.78, 5) is 58.9. The Morgan fingerprint density at radius 1 is 0.444 bits per heavy atom. The average Bonchev–Trinajstić information content (AvgIpc) is 1.61. The quantitative estimate of drug-likeness (QED) is 0.0411. The lowest BCUT2D eigenvalue weighted by Crippen LogP contribution is -2.50. The van der Waals surface area contributed by atoms with E-state index in [1.165, 1.54) is 30.3 Å². The van der Waals surface area contributed by atoms with Gasteiger partial charge in [0.1, 0.15) is 5.82 Å². The van der Waals surface area contributed by atoms with Gasteiger partial charge in [0.2, 0.25) is 0 Å². The molecule has 0 bridgehead atoms. The highest BCUT2D eigenvalue weighted by Crippen LogP contribution is 2.57. The van der Waals surface area contributed by atoms with Crippen LogP contribution in [0.15, 0.2) is 133 Å². The van der Waals surface area contributed by atoms with Crippen molar-refractivity contribution < 1.29 is 154 Å². The molecule has 42 heteroatoms. The van der Waals surface area contributed by atoms with E-state index in [1.54, 1.807) is 0 Å². The normalized spacial score (nSPS) is 14.7. The molecule has 3 heterocycles. The lowest BCUT2D eigenvalue weighted by Gasteiger charge is -2.31. The molecule has 0 saturated carbocycles. The fourth-order valence-corrected chi connectivity index (χ4v) is 11.2. The Kier molecular flexibility index (Phi) is 22.3. The zero-order valence-electron chi connectivity index (χ0n) is 46.9. The molecule has 0 radical (unpaired) electrons. The standard InChI is InChI=1S/C25H11Br2F10NO4.C16H8Br2F8N2O.C8H3ClF2O3.C8H4F2O4/c26-14-8-12(22(29,23(30,31)32)24(33,34)35)9-15(27)20(14)38-21(40)13-3-1-2-11(19(13)28)6-16(39)10-4-5-17-18(7-10)42-25(36,37)41-17;17-8-4-6(14(20,15(21,22)23)16(24,25)26)5-9(18)12(8)28-13(29)7-2-1-3-10(27)11(7)19;9-7(12)4-1-2-5-6(3-4)14-8(10,11)13-5;9-8(10)13-5-2-1-4(7(11)12)3-6(5)14-8/h1-5,7-9H,6H2,(H,38,40);1-5H,27H2,(H,28,29);1-3H;1-3H,(H,11,12). The predicted molar refractivity (Wildman–Crippen MR) is 310 cm³/mol. The second kappa shape index (κ2) is 28.3. The average molecular weight is 1720 g/mol. The summed E-state index contributed by atoms with van der Waals surface area (Å²) in [6, 6.07) is 17.5. The predicted octanol–water partition coefficient (Wildman–Crippen LogP) is 19.2. The number of nitrogens with two attached hydrogens (primary N) is 1. The number of ether oxygens (including phenoxy) is 6. The topological polar surface area (TPSA) is 211 Å². The van der Waals surface area contributed by atoms with Gasteiger partial charge in [0.15, 0.2) is 46.1 Å². The molecule has 0 spiro atoms. The number of fused-ring (bicyclic) bond motifs is 3. The summed E-state index contributed by atoms with van der Waals surface area (Å²) in [6.07, 6.45) is -37.4. The first-order chi connectivity index (χ1) is 45.3. The van der Waals surface area contributed by atoms with Crippen molar-refractivity contribution in [1.82, 2.24) is 0 Å². The molecule has 0 aliphatic carbocycles. The monoisotopic (exact) mass is 1710 g/mol. The largest absolute Gasteiger partial charge is 0.586 e. The molecule has 15 nitrogen and oxygen atoms in total. The molecule has 0 unspecified atom stereocenters. The number of anilines is 3. The van der Waals surface area contributed by atoms with Gasteiger partial charge < -0.3 is 49.9 Å². The summed E-state index contributed by atoms with van der Waals surface area (Å²) in [6.45, 7) is 0. The van der Waals surface area contributed by atoms with Crippen molar-refractivity contribution >= 4 is 121 Å². The molecule has 10 rings (SSSR count). The van der Waals surface area contributed by atoms with Gasteiger partial charge in [0.25, 0.3) is 17.1 Å². The van der Waals surface area contributed by atoms with Crippen molar-refractivity contribution in [2.24, 2.45) is 0 Å². The molecular weight excluding hydrogens is 1690 g/mol. The minimum atomic E-state index is -6.39. The van der Waals surface area contributed by atoms with E-state index in [2.05, 4.69) is 103 Å². The van der Waals surface area contributed by atoms with Gasteiger partial charge in [-0.05, 0) is 178 Å². The van der Waals surface area contributed by atoms with Crippen LogP contribution in [0.1, 0.15) is 68.5 Å². The third-order valence-corrected chi connectivity index (χ3v) is 15.6. The summed E-state index contributed by atoms with van der Waals surface area (Å²) >= 11 is 15.9. The van der Waals surface area contributed by atoms with Gasteiger partial charge in [-0.2, -0.15) is 52.7 Å². The number of hydrogen-bond acceptors (Lipinski definition) is 12.